The predicted octanol–water partition coefficient (Wildman–Crippen LogP) is 3.50. The Morgan fingerprint density at radius 3 is 2.48 bits per heavy atom. The van der Waals surface area contributed by atoms with E-state index < -0.39 is 0 Å². The number of nitrogens with zero attached hydrogens (tertiary/aromatic N) is 2. The molecule has 0 bridgehead atoms. The second kappa shape index (κ2) is 9.98. The summed E-state index contributed by atoms with van der Waals surface area (Å²) < 4.78 is 10.9. The van der Waals surface area contributed by atoms with E-state index in [4.69, 9.17) is 15.2 Å². The highest BCUT2D eigenvalue weighted by atomic mass is 32.1. The molecule has 1 aromatic heterocycles. The highest BCUT2D eigenvalue weighted by Gasteiger charge is 2.28. The average molecular weight is 418 g/mol. The van der Waals surface area contributed by atoms with Crippen molar-refractivity contribution in [1.82, 2.24) is 4.90 Å². The lowest BCUT2D eigenvalue weighted by atomic mass is 9.99. The van der Waals surface area contributed by atoms with E-state index in [2.05, 4.69) is 39.6 Å². The molecule has 29 heavy (non-hydrogen) atoms. The summed E-state index contributed by atoms with van der Waals surface area (Å²) in [7, 11) is 3.41. The second-order valence-electron chi connectivity index (χ2n) is 7.58. The van der Waals surface area contributed by atoms with Gasteiger partial charge in [0.05, 0.1) is 14.2 Å². The van der Waals surface area contributed by atoms with Crippen LogP contribution < -0.4 is 20.1 Å². The van der Waals surface area contributed by atoms with Crippen molar-refractivity contribution in [3.63, 3.8) is 0 Å². The summed E-state index contributed by atoms with van der Waals surface area (Å²) in [5, 5.41) is 4.22. The van der Waals surface area contributed by atoms with E-state index in [0.717, 1.165) is 44.0 Å². The number of hydrogen-bond acceptors (Lipinski definition) is 6. The zero-order valence-corrected chi connectivity index (χ0v) is 18.3. The number of primary amides is 1. The van der Waals surface area contributed by atoms with Gasteiger partial charge in [-0.15, -0.1) is 11.3 Å². The summed E-state index contributed by atoms with van der Waals surface area (Å²) >= 11 is 1.67. The average Bonchev–Trinajstić information content (AvgIpc) is 3.19. The highest BCUT2D eigenvalue weighted by molar-refractivity contribution is 7.08. The first kappa shape index (κ1) is 21.5. The number of benzene rings is 1. The normalized spacial score (nSPS) is 16.4. The molecule has 0 saturated carbocycles. The first-order chi connectivity index (χ1) is 14.0. The minimum absolute atomic E-state index is 0.194. The van der Waals surface area contributed by atoms with Crippen LogP contribution in [0.4, 0.5) is 5.69 Å². The van der Waals surface area contributed by atoms with Crippen LogP contribution in [0.3, 0.4) is 0 Å². The van der Waals surface area contributed by atoms with Gasteiger partial charge in [0.25, 0.3) is 0 Å². The van der Waals surface area contributed by atoms with Crippen LogP contribution in [-0.2, 0) is 11.3 Å². The maximum Gasteiger partial charge on any atom is 0.218 e. The Hall–Kier alpha value is -2.25. The van der Waals surface area contributed by atoms with Gasteiger partial charge in [-0.1, -0.05) is 0 Å². The number of carbonyl (C=O) groups is 1. The molecule has 0 spiro atoms. The van der Waals surface area contributed by atoms with Crippen LogP contribution in [0.2, 0.25) is 0 Å². The topological polar surface area (TPSA) is 68.0 Å². The van der Waals surface area contributed by atoms with Gasteiger partial charge in [-0.05, 0) is 49.4 Å². The first-order valence-electron chi connectivity index (χ1n) is 10.0. The number of anilines is 1. The van der Waals surface area contributed by atoms with Crippen LogP contribution in [0.15, 0.2) is 35.0 Å². The third kappa shape index (κ3) is 5.42. The summed E-state index contributed by atoms with van der Waals surface area (Å²) in [6.45, 7) is 4.82. The van der Waals surface area contributed by atoms with Gasteiger partial charge in [0, 0.05) is 54.8 Å². The molecule has 2 heterocycles. The molecule has 0 aliphatic carbocycles. The van der Waals surface area contributed by atoms with Crippen LogP contribution in [0.5, 0.6) is 11.5 Å². The van der Waals surface area contributed by atoms with Crippen molar-refractivity contribution in [2.24, 2.45) is 5.73 Å². The van der Waals surface area contributed by atoms with Crippen molar-refractivity contribution in [2.75, 3.05) is 32.2 Å². The molecule has 1 fully saturated rings. The van der Waals surface area contributed by atoms with Crippen molar-refractivity contribution < 1.29 is 14.3 Å². The molecule has 1 amide bonds. The third-order valence-electron chi connectivity index (χ3n) is 5.73. The minimum Gasteiger partial charge on any atom is -0.497 e. The van der Waals surface area contributed by atoms with E-state index >= 15 is 0 Å². The first-order valence-corrected chi connectivity index (χ1v) is 11.0. The van der Waals surface area contributed by atoms with Gasteiger partial charge < -0.3 is 20.1 Å². The summed E-state index contributed by atoms with van der Waals surface area (Å²) in [5.74, 6) is 1.57. The number of likely N-dealkylation sites (tertiary alicyclic amines) is 1. The van der Waals surface area contributed by atoms with Gasteiger partial charge in [-0.25, -0.2) is 0 Å². The number of carbonyl (C=O) groups excluding carboxylic acids is 1. The largest absolute Gasteiger partial charge is 0.497 e. The predicted molar refractivity (Wildman–Crippen MR) is 118 cm³/mol. The van der Waals surface area contributed by atoms with E-state index in [1.54, 1.807) is 25.6 Å². The molecule has 1 aliphatic rings. The zero-order valence-electron chi connectivity index (χ0n) is 17.5. The molecular weight excluding hydrogens is 386 g/mol. The maximum absolute atomic E-state index is 11.3. The van der Waals surface area contributed by atoms with E-state index in [0.29, 0.717) is 12.5 Å². The van der Waals surface area contributed by atoms with E-state index in [1.807, 2.05) is 12.1 Å². The van der Waals surface area contributed by atoms with Gasteiger partial charge in [0.2, 0.25) is 5.91 Å². The molecule has 1 aromatic carbocycles. The third-order valence-corrected chi connectivity index (χ3v) is 6.50. The fraction of sp³-hybridized carbons (Fsp3) is 0.500. The molecule has 2 N–H and O–H groups in total. The summed E-state index contributed by atoms with van der Waals surface area (Å²) in [6.07, 6.45) is 2.50. The molecule has 158 valence electrons. The van der Waals surface area contributed by atoms with Crippen molar-refractivity contribution in [3.05, 3.63) is 40.6 Å². The molecule has 1 atom stereocenters. The number of ether oxygens (including phenoxy) is 2. The van der Waals surface area contributed by atoms with Gasteiger partial charge >= 0.3 is 0 Å². The van der Waals surface area contributed by atoms with Crippen LogP contribution >= 0.6 is 11.3 Å². The fourth-order valence-electron chi connectivity index (χ4n) is 4.05. The van der Waals surface area contributed by atoms with Crippen LogP contribution in [-0.4, -0.2) is 50.2 Å². The molecule has 0 unspecified atom stereocenters. The Morgan fingerprint density at radius 1 is 1.21 bits per heavy atom. The molecule has 2 aromatic rings. The summed E-state index contributed by atoms with van der Waals surface area (Å²) in [6, 6.07) is 8.89. The summed E-state index contributed by atoms with van der Waals surface area (Å²) in [5.41, 5.74) is 7.77. The quantitative estimate of drug-likeness (QED) is 0.676. The zero-order chi connectivity index (χ0) is 20.8. The van der Waals surface area contributed by atoms with Gasteiger partial charge in [0.15, 0.2) is 0 Å². The number of thiophene rings is 1. The lowest BCUT2D eigenvalue weighted by Crippen LogP contribution is -2.48. The smallest absolute Gasteiger partial charge is 0.218 e. The van der Waals surface area contributed by atoms with E-state index in [9.17, 15) is 4.79 Å². The van der Waals surface area contributed by atoms with Gasteiger partial charge in [0.1, 0.15) is 11.5 Å². The van der Waals surface area contributed by atoms with Crippen molar-refractivity contribution in [2.45, 2.75) is 44.8 Å². The molecular formula is C22H31N3O3S. The van der Waals surface area contributed by atoms with Crippen molar-refractivity contribution >= 4 is 22.9 Å². The monoisotopic (exact) mass is 417 g/mol. The Labute approximate surface area is 177 Å². The molecule has 1 aliphatic heterocycles. The van der Waals surface area contributed by atoms with Crippen LogP contribution in [0.25, 0.3) is 0 Å². The molecule has 6 nitrogen and oxygen atoms in total. The number of methoxy groups -OCH3 is 2. The second-order valence-corrected chi connectivity index (χ2v) is 8.32. The van der Waals surface area contributed by atoms with E-state index in [-0.39, 0.29) is 11.9 Å². The van der Waals surface area contributed by atoms with Crippen molar-refractivity contribution in [3.8, 4) is 11.5 Å². The molecule has 0 radical (unpaired) electrons. The number of nitrogens with two attached hydrogens (primary N) is 1. The minimum atomic E-state index is -0.232. The Bertz CT molecular complexity index is 785. The Morgan fingerprint density at radius 2 is 1.90 bits per heavy atom. The van der Waals surface area contributed by atoms with Crippen molar-refractivity contribution in [1.29, 1.82) is 0 Å². The fourth-order valence-corrected chi connectivity index (χ4v) is 4.85. The Balaban J connectivity index is 1.75. The van der Waals surface area contributed by atoms with Gasteiger partial charge in [-0.2, -0.15) is 0 Å². The van der Waals surface area contributed by atoms with E-state index in [1.165, 1.54) is 11.3 Å². The van der Waals surface area contributed by atoms with Crippen LogP contribution in [0.1, 0.15) is 31.7 Å². The number of amides is 1. The number of rotatable bonds is 9. The summed E-state index contributed by atoms with van der Waals surface area (Å²) in [4.78, 5) is 16.1. The highest BCUT2D eigenvalue weighted by Crippen LogP contribution is 2.32. The lowest BCUT2D eigenvalue weighted by molar-refractivity contribution is -0.119. The SMILES string of the molecule is COc1ccc(N(Cc2cscc2OC)C2CCN([C@H](C)CC(N)=O)CC2)cc1. The van der Waals surface area contributed by atoms with Gasteiger partial charge in [-0.3, -0.25) is 9.69 Å². The number of piperidine rings is 1. The maximum atomic E-state index is 11.3. The molecule has 3 rings (SSSR count). The lowest BCUT2D eigenvalue weighted by Gasteiger charge is -2.41. The standard InChI is InChI=1S/C22H31N3O3S/c1-16(12-22(23)26)24-10-8-19(9-11-24)25(13-17-14-29-15-21(17)28-3)18-4-6-20(27-2)7-5-18/h4-7,14-16,19H,8-13H2,1-3H3,(H2,23,26)/t16-/m1/s1. The molecule has 1 saturated heterocycles. The number of hydrogen-bond donors (Lipinski definition) is 1. The Kier molecular flexibility index (Phi) is 7.39. The molecule has 7 heteroatoms. The van der Waals surface area contributed by atoms with Crippen LogP contribution in [0, 0.1) is 0 Å².